The Kier molecular flexibility index (Phi) is 8.60. The number of carbonyl (C=O) groups excluding carboxylic acids is 2. The number of carbonyl (C=O) groups is 2. The van der Waals surface area contributed by atoms with Gasteiger partial charge in [-0.15, -0.1) is 11.8 Å². The molecule has 0 atom stereocenters. The van der Waals surface area contributed by atoms with Crippen LogP contribution in [0.1, 0.15) is 6.42 Å². The summed E-state index contributed by atoms with van der Waals surface area (Å²) >= 11 is 1.34. The van der Waals surface area contributed by atoms with Gasteiger partial charge in [0.2, 0.25) is 15.9 Å². The first kappa shape index (κ1) is 23.3. The van der Waals surface area contributed by atoms with Crippen molar-refractivity contribution < 1.29 is 32.2 Å². The molecule has 162 valence electrons. The van der Waals surface area contributed by atoms with Crippen molar-refractivity contribution in [3.63, 3.8) is 0 Å². The summed E-state index contributed by atoms with van der Waals surface area (Å²) in [6.07, 6.45) is 0.296. The highest BCUT2D eigenvalue weighted by Crippen LogP contribution is 2.30. The van der Waals surface area contributed by atoms with E-state index in [-0.39, 0.29) is 35.6 Å². The Morgan fingerprint density at radius 3 is 2.28 bits per heavy atom. The van der Waals surface area contributed by atoms with Crippen LogP contribution in [-0.2, 0) is 24.3 Å². The quantitative estimate of drug-likeness (QED) is 0.406. The normalized spacial score (nSPS) is 15.1. The zero-order valence-electron chi connectivity index (χ0n) is 16.8. The average Bonchev–Trinajstić information content (AvgIpc) is 2.75. The molecule has 1 fully saturated rings. The number of thioether (sulfide) groups is 1. The fourth-order valence-corrected chi connectivity index (χ4v) is 5.02. The Balaban J connectivity index is 1.91. The van der Waals surface area contributed by atoms with E-state index in [9.17, 15) is 18.0 Å². The number of sulfonamides is 1. The van der Waals surface area contributed by atoms with Crippen molar-refractivity contribution in [2.45, 2.75) is 11.3 Å². The predicted molar refractivity (Wildman–Crippen MR) is 109 cm³/mol. The molecule has 0 aliphatic carbocycles. The van der Waals surface area contributed by atoms with Gasteiger partial charge < -0.3 is 19.1 Å². The lowest BCUT2D eigenvalue weighted by Crippen LogP contribution is -2.50. The summed E-state index contributed by atoms with van der Waals surface area (Å²) in [6.45, 7) is 1.09. The number of hydrogen-bond donors (Lipinski definition) is 0. The molecule has 1 heterocycles. The zero-order valence-corrected chi connectivity index (χ0v) is 18.4. The van der Waals surface area contributed by atoms with Crippen molar-refractivity contribution in [3.05, 3.63) is 18.2 Å². The van der Waals surface area contributed by atoms with E-state index in [1.165, 1.54) is 49.5 Å². The highest BCUT2D eigenvalue weighted by Gasteiger charge is 2.30. The molecule has 0 spiro atoms. The summed E-state index contributed by atoms with van der Waals surface area (Å²) in [6, 6.07) is 4.47. The van der Waals surface area contributed by atoms with E-state index in [0.29, 0.717) is 36.8 Å². The van der Waals surface area contributed by atoms with Gasteiger partial charge in [-0.1, -0.05) is 0 Å². The third kappa shape index (κ3) is 6.00. The van der Waals surface area contributed by atoms with Gasteiger partial charge in [-0.25, -0.2) is 8.42 Å². The minimum absolute atomic E-state index is 0.0504. The number of ether oxygens (including phenoxy) is 3. The molecular weight excluding hydrogens is 420 g/mol. The minimum Gasteiger partial charge on any atom is -0.493 e. The smallest absolute Gasteiger partial charge is 0.315 e. The van der Waals surface area contributed by atoms with Crippen LogP contribution in [-0.4, -0.2) is 88.5 Å². The molecule has 0 saturated carbocycles. The second-order valence-corrected chi connectivity index (χ2v) is 9.22. The number of hydrogen-bond acceptors (Lipinski definition) is 8. The standard InChI is InChI=1S/C18H26N2O7S2/c1-25-15-5-4-14(12-16(15)26-2)29(23,24)20-9-7-19(8-10-20)17(21)6-11-28-13-18(22)27-3/h4-5,12H,6-11,13H2,1-3H3. The molecular formula is C18H26N2O7S2. The lowest BCUT2D eigenvalue weighted by molar-refractivity contribution is -0.137. The van der Waals surface area contributed by atoms with E-state index in [4.69, 9.17) is 9.47 Å². The van der Waals surface area contributed by atoms with Crippen LogP contribution in [0.25, 0.3) is 0 Å². The van der Waals surface area contributed by atoms with Crippen LogP contribution in [0.5, 0.6) is 11.5 Å². The van der Waals surface area contributed by atoms with Crippen LogP contribution in [0, 0.1) is 0 Å². The van der Waals surface area contributed by atoms with Gasteiger partial charge in [0, 0.05) is 44.4 Å². The predicted octanol–water partition coefficient (Wildman–Crippen LogP) is 0.833. The molecule has 1 aliphatic rings. The van der Waals surface area contributed by atoms with Crippen LogP contribution >= 0.6 is 11.8 Å². The van der Waals surface area contributed by atoms with Crippen LogP contribution in [0.4, 0.5) is 0 Å². The Morgan fingerprint density at radius 2 is 1.69 bits per heavy atom. The van der Waals surface area contributed by atoms with Crippen molar-refractivity contribution in [2.24, 2.45) is 0 Å². The average molecular weight is 447 g/mol. The monoisotopic (exact) mass is 446 g/mol. The summed E-state index contributed by atoms with van der Waals surface area (Å²) in [5, 5.41) is 0. The molecule has 29 heavy (non-hydrogen) atoms. The third-order valence-corrected chi connectivity index (χ3v) is 7.32. The maximum atomic E-state index is 12.9. The maximum absolute atomic E-state index is 12.9. The molecule has 0 N–H and O–H groups in total. The Labute approximate surface area is 175 Å². The first-order chi connectivity index (χ1) is 13.8. The van der Waals surface area contributed by atoms with Gasteiger partial charge in [-0.3, -0.25) is 9.59 Å². The van der Waals surface area contributed by atoms with Crippen molar-refractivity contribution in [1.29, 1.82) is 0 Å². The van der Waals surface area contributed by atoms with Gasteiger partial charge in [-0.05, 0) is 12.1 Å². The number of amides is 1. The lowest BCUT2D eigenvalue weighted by atomic mass is 10.3. The number of piperazine rings is 1. The molecule has 1 aromatic carbocycles. The zero-order chi connectivity index (χ0) is 21.4. The SMILES string of the molecule is COC(=O)CSCCC(=O)N1CCN(S(=O)(=O)c2ccc(OC)c(OC)c2)CC1. The molecule has 1 saturated heterocycles. The summed E-state index contributed by atoms with van der Waals surface area (Å²) in [4.78, 5) is 25.1. The van der Waals surface area contributed by atoms with Crippen molar-refractivity contribution >= 4 is 33.7 Å². The van der Waals surface area contributed by atoms with E-state index in [0.717, 1.165) is 0 Å². The summed E-state index contributed by atoms with van der Waals surface area (Å²) < 4.78 is 42.1. The second-order valence-electron chi connectivity index (χ2n) is 6.18. The van der Waals surface area contributed by atoms with E-state index in [1.807, 2.05) is 0 Å². The summed E-state index contributed by atoms with van der Waals surface area (Å²) in [5.74, 6) is 1.14. The van der Waals surface area contributed by atoms with Crippen molar-refractivity contribution in [2.75, 3.05) is 59.0 Å². The largest absolute Gasteiger partial charge is 0.493 e. The molecule has 1 aliphatic heterocycles. The van der Waals surface area contributed by atoms with E-state index < -0.39 is 10.0 Å². The molecule has 0 unspecified atom stereocenters. The Morgan fingerprint density at radius 1 is 1.03 bits per heavy atom. The van der Waals surface area contributed by atoms with Gasteiger partial charge in [0.25, 0.3) is 0 Å². The first-order valence-electron chi connectivity index (χ1n) is 8.98. The summed E-state index contributed by atoms with van der Waals surface area (Å²) in [7, 11) is 0.554. The fourth-order valence-electron chi connectivity index (χ4n) is 2.84. The van der Waals surface area contributed by atoms with Crippen LogP contribution in [0.15, 0.2) is 23.1 Å². The maximum Gasteiger partial charge on any atom is 0.315 e. The van der Waals surface area contributed by atoms with E-state index in [1.54, 1.807) is 11.0 Å². The minimum atomic E-state index is -3.70. The van der Waals surface area contributed by atoms with Gasteiger partial charge in [0.15, 0.2) is 11.5 Å². The number of esters is 1. The van der Waals surface area contributed by atoms with Gasteiger partial charge >= 0.3 is 5.97 Å². The molecule has 0 aromatic heterocycles. The first-order valence-corrected chi connectivity index (χ1v) is 11.6. The summed E-state index contributed by atoms with van der Waals surface area (Å²) in [5.41, 5.74) is 0. The Bertz CT molecular complexity index is 821. The lowest BCUT2D eigenvalue weighted by Gasteiger charge is -2.34. The van der Waals surface area contributed by atoms with Gasteiger partial charge in [-0.2, -0.15) is 4.31 Å². The molecule has 11 heteroatoms. The molecule has 1 amide bonds. The molecule has 9 nitrogen and oxygen atoms in total. The van der Waals surface area contributed by atoms with Crippen LogP contribution in [0.3, 0.4) is 0 Å². The number of rotatable bonds is 9. The molecule has 2 rings (SSSR count). The number of benzene rings is 1. The Hall–Kier alpha value is -1.98. The van der Waals surface area contributed by atoms with Gasteiger partial charge in [0.05, 0.1) is 32.0 Å². The van der Waals surface area contributed by atoms with Gasteiger partial charge in [0.1, 0.15) is 0 Å². The van der Waals surface area contributed by atoms with Crippen LogP contribution < -0.4 is 9.47 Å². The van der Waals surface area contributed by atoms with E-state index >= 15 is 0 Å². The highest BCUT2D eigenvalue weighted by molar-refractivity contribution is 7.99. The fraction of sp³-hybridized carbons (Fsp3) is 0.556. The molecule has 0 radical (unpaired) electrons. The molecule has 1 aromatic rings. The third-order valence-electron chi connectivity index (χ3n) is 4.49. The molecule has 0 bridgehead atoms. The van der Waals surface area contributed by atoms with Crippen molar-refractivity contribution in [1.82, 2.24) is 9.21 Å². The highest BCUT2D eigenvalue weighted by atomic mass is 32.2. The van der Waals surface area contributed by atoms with Crippen LogP contribution in [0.2, 0.25) is 0 Å². The van der Waals surface area contributed by atoms with E-state index in [2.05, 4.69) is 4.74 Å². The van der Waals surface area contributed by atoms with Crippen molar-refractivity contribution in [3.8, 4) is 11.5 Å². The second kappa shape index (κ2) is 10.7. The topological polar surface area (TPSA) is 102 Å². The number of methoxy groups -OCH3 is 3. The number of nitrogens with zero attached hydrogens (tertiary/aromatic N) is 2.